The molecule has 0 aliphatic carbocycles. The van der Waals surface area contributed by atoms with E-state index >= 15 is 0 Å². The van der Waals surface area contributed by atoms with E-state index in [0.29, 0.717) is 44.1 Å². The highest BCUT2D eigenvalue weighted by Crippen LogP contribution is 2.58. The highest BCUT2D eigenvalue weighted by atomic mass is 35.9. The third-order valence-electron chi connectivity index (χ3n) is 9.51. The van der Waals surface area contributed by atoms with Gasteiger partial charge in [-0.1, -0.05) is 94.9 Å². The Hall–Kier alpha value is -6.16. The summed E-state index contributed by atoms with van der Waals surface area (Å²) in [5, 5.41) is 41.1. The highest BCUT2D eigenvalue weighted by molar-refractivity contribution is 8.05. The lowest BCUT2D eigenvalue weighted by atomic mass is 10.1. The summed E-state index contributed by atoms with van der Waals surface area (Å²) in [6, 6.07) is 37.5. The molecule has 3 atom stereocenters. The zero-order valence-corrected chi connectivity index (χ0v) is 48.8. The summed E-state index contributed by atoms with van der Waals surface area (Å²) in [5.74, 6) is -0.517. The van der Waals surface area contributed by atoms with Gasteiger partial charge in [0, 0.05) is 97.4 Å². The van der Waals surface area contributed by atoms with Crippen molar-refractivity contribution in [2.24, 2.45) is 0 Å². The quantitative estimate of drug-likeness (QED) is 0.0256. The van der Waals surface area contributed by atoms with Crippen LogP contribution in [0.4, 0.5) is 16.2 Å². The first-order valence-corrected chi connectivity index (χ1v) is 29.0. The Kier molecular flexibility index (Phi) is 31.7. The fourth-order valence-corrected chi connectivity index (χ4v) is 8.79. The predicted octanol–water partition coefficient (Wildman–Crippen LogP) is 15.3. The lowest BCUT2D eigenvalue weighted by Crippen LogP contribution is -2.16. The van der Waals surface area contributed by atoms with Gasteiger partial charge in [0.1, 0.15) is 17.9 Å². The molecule has 0 saturated carbocycles. The van der Waals surface area contributed by atoms with Crippen molar-refractivity contribution in [3.63, 3.8) is 0 Å². The van der Waals surface area contributed by atoms with Gasteiger partial charge in [0.05, 0.1) is 50.0 Å². The maximum absolute atomic E-state index is 12.7. The number of phosphoric ester groups is 1. The number of ether oxygens (including phenoxy) is 3. The topological polar surface area (TPSA) is 294 Å². The molecular weight excluding hydrogens is 1220 g/mol. The number of methoxy groups -OCH3 is 3. The summed E-state index contributed by atoms with van der Waals surface area (Å²) < 4.78 is 56.5. The normalized spacial score (nSPS) is 14.3. The van der Waals surface area contributed by atoms with E-state index in [2.05, 4.69) is 18.7 Å². The standard InChI is InChI=1S/C15H13ClNO6P.C10H9ClO3.C9H11ClO2.C8H7ClO.C6H4Cl2NO4P.C3H6O3/c16-12-3-1-2-11(10-12)15-8-9-21-24(20,23-15)22-14-6-4-13(5-7-14)17(18)19;1-14-10(13)6-9(12)7-3-2-4-8(11)5-7;10-8-3-1-2-7(6-8)9(12)4-5-11;1-6(10)7-3-2-4-8(9)5-7;7-14(8,12)13-6-3-1-5(2-4-6)9(10)11;1-5-3(4)6-2/h1-7,10,15H,8-9H2;2-5H,6H2,1H3;1-3,6,9,11-12H,4-5H2;2-5H,1H3;1-4H;1-2H3. The first-order valence-electron chi connectivity index (χ1n) is 22.6. The molecule has 0 amide bonds. The van der Waals surface area contributed by atoms with Gasteiger partial charge in [-0.2, -0.15) is 0 Å². The van der Waals surface area contributed by atoms with Crippen molar-refractivity contribution in [3.8, 4) is 11.5 Å². The van der Waals surface area contributed by atoms with E-state index in [1.165, 1.54) is 82.9 Å². The number of carbonyl (C=O) groups excluding carboxylic acids is 4. The van der Waals surface area contributed by atoms with Crippen LogP contribution >= 0.6 is 82.8 Å². The minimum absolute atomic E-state index is 0.0202. The SMILES string of the molecule is CC(=O)c1cccc(Cl)c1.COC(=O)CC(=O)c1cccc(Cl)c1.COC(=O)OC.O=[N+]([O-])c1ccc(OP(=O)(Cl)Cl)cc1.O=[N+]([O-])c1ccc(OP2(=O)OCCC(c3cccc(Cl)c3)O2)cc1.OCCC(O)c1cccc(Cl)c1. The summed E-state index contributed by atoms with van der Waals surface area (Å²) in [7, 11) is -0.0686. The molecule has 0 spiro atoms. The summed E-state index contributed by atoms with van der Waals surface area (Å²) in [6.07, 6.45) is -4.79. The predicted molar refractivity (Wildman–Crippen MR) is 302 cm³/mol. The zero-order chi connectivity index (χ0) is 60.0. The molecule has 1 fully saturated rings. The van der Waals surface area contributed by atoms with Crippen LogP contribution in [0.1, 0.15) is 70.2 Å². The van der Waals surface area contributed by atoms with Crippen molar-refractivity contribution < 1.29 is 80.7 Å². The van der Waals surface area contributed by atoms with Gasteiger partial charge in [0.2, 0.25) is 0 Å². The molecule has 6 aromatic rings. The molecule has 430 valence electrons. The zero-order valence-electron chi connectivity index (χ0n) is 42.4. The maximum atomic E-state index is 12.7. The molecule has 6 aromatic carbocycles. The van der Waals surface area contributed by atoms with Crippen LogP contribution in [0, 0.1) is 20.2 Å². The van der Waals surface area contributed by atoms with Crippen LogP contribution in [0.25, 0.3) is 0 Å². The molecule has 7 rings (SSSR count). The van der Waals surface area contributed by atoms with Gasteiger partial charge in [0.25, 0.3) is 11.4 Å². The van der Waals surface area contributed by atoms with E-state index in [4.69, 9.17) is 87.6 Å². The number of rotatable bonds is 14. The molecule has 0 radical (unpaired) electrons. The number of aliphatic hydroxyl groups is 2. The molecule has 0 aromatic heterocycles. The number of Topliss-reactive ketones (excluding diaryl/α,β-unsaturated/α-hetero) is 2. The van der Waals surface area contributed by atoms with Crippen LogP contribution in [0.15, 0.2) is 146 Å². The van der Waals surface area contributed by atoms with Gasteiger partial charge < -0.3 is 33.5 Å². The molecule has 21 nitrogen and oxygen atoms in total. The largest absolute Gasteiger partial charge is 0.530 e. The molecular formula is C51H50Cl6N2O19P2. The van der Waals surface area contributed by atoms with Crippen LogP contribution < -0.4 is 9.05 Å². The number of halogens is 6. The number of nitrogens with zero attached hydrogens (tertiary/aromatic N) is 2. The average molecular weight is 1270 g/mol. The number of benzene rings is 6. The number of esters is 1. The fraction of sp³-hybridized carbons (Fsp3) is 0.216. The lowest BCUT2D eigenvalue weighted by Gasteiger charge is -2.29. The lowest BCUT2D eigenvalue weighted by molar-refractivity contribution is -0.385. The van der Waals surface area contributed by atoms with Crippen LogP contribution in [0.5, 0.6) is 11.5 Å². The molecule has 29 heteroatoms. The monoisotopic (exact) mass is 1270 g/mol. The van der Waals surface area contributed by atoms with E-state index in [-0.39, 0.29) is 54.1 Å². The van der Waals surface area contributed by atoms with Crippen LogP contribution in [0.2, 0.25) is 20.1 Å². The van der Waals surface area contributed by atoms with E-state index < -0.39 is 48.1 Å². The summed E-state index contributed by atoms with van der Waals surface area (Å²) >= 11 is 33.3. The third kappa shape index (κ3) is 28.3. The van der Waals surface area contributed by atoms with Crippen LogP contribution in [-0.4, -0.2) is 78.3 Å². The smallest absolute Gasteiger partial charge is 0.469 e. The number of nitro groups is 2. The molecule has 1 aliphatic heterocycles. The van der Waals surface area contributed by atoms with Crippen molar-refractivity contribution in [1.82, 2.24) is 0 Å². The van der Waals surface area contributed by atoms with Crippen LogP contribution in [-0.2, 0) is 37.2 Å². The first kappa shape index (κ1) is 69.9. The van der Waals surface area contributed by atoms with Gasteiger partial charge in [-0.05, 0) is 90.8 Å². The Balaban J connectivity index is 0.000000344. The molecule has 1 saturated heterocycles. The van der Waals surface area contributed by atoms with Gasteiger partial charge in [0.15, 0.2) is 11.6 Å². The van der Waals surface area contributed by atoms with E-state index in [1.807, 2.05) is 6.07 Å². The number of non-ortho nitro benzene ring substituents is 2. The number of aliphatic hydroxyl groups excluding tert-OH is 2. The second kappa shape index (κ2) is 36.2. The third-order valence-corrected chi connectivity index (χ3v) is 12.7. The number of hydrogen-bond donors (Lipinski definition) is 2. The summed E-state index contributed by atoms with van der Waals surface area (Å²) in [5.41, 5.74) is 2.41. The number of ketones is 2. The minimum atomic E-state index is -3.82. The molecule has 3 unspecified atom stereocenters. The molecule has 2 N–H and O–H groups in total. The number of hydrogen-bond acceptors (Lipinski definition) is 19. The molecule has 1 aliphatic rings. The van der Waals surface area contributed by atoms with Crippen molar-refractivity contribution in [1.29, 1.82) is 0 Å². The van der Waals surface area contributed by atoms with E-state index in [1.54, 1.807) is 84.9 Å². The first-order chi connectivity index (χ1) is 37.7. The van der Waals surface area contributed by atoms with Gasteiger partial charge >= 0.3 is 26.0 Å². The number of phosphoric acid groups is 1. The van der Waals surface area contributed by atoms with Gasteiger partial charge in [-0.25, -0.2) is 13.9 Å². The van der Waals surface area contributed by atoms with Crippen molar-refractivity contribution >= 4 is 118 Å². The highest BCUT2D eigenvalue weighted by Gasteiger charge is 2.38. The second-order valence-electron chi connectivity index (χ2n) is 15.3. The molecule has 1 heterocycles. The Morgan fingerprint density at radius 1 is 0.700 bits per heavy atom. The Bertz CT molecular complexity index is 3080. The summed E-state index contributed by atoms with van der Waals surface area (Å²) in [4.78, 5) is 62.5. The average Bonchev–Trinajstić information content (AvgIpc) is 3.42. The Morgan fingerprint density at radius 2 is 1.18 bits per heavy atom. The van der Waals surface area contributed by atoms with Crippen molar-refractivity contribution in [2.45, 2.75) is 38.4 Å². The van der Waals surface area contributed by atoms with E-state index in [9.17, 15) is 53.6 Å². The minimum Gasteiger partial charge on any atom is -0.469 e. The molecule has 0 bridgehead atoms. The van der Waals surface area contributed by atoms with Crippen LogP contribution in [0.3, 0.4) is 0 Å². The molecule has 80 heavy (non-hydrogen) atoms. The summed E-state index contributed by atoms with van der Waals surface area (Å²) in [6.45, 7) is 1.70. The Morgan fingerprint density at radius 3 is 1.60 bits per heavy atom. The Labute approximate surface area is 488 Å². The van der Waals surface area contributed by atoms with Gasteiger partial charge in [-0.15, -0.1) is 0 Å². The maximum Gasteiger partial charge on any atom is 0.530 e. The van der Waals surface area contributed by atoms with E-state index in [0.717, 1.165) is 11.1 Å². The van der Waals surface area contributed by atoms with Crippen molar-refractivity contribution in [2.75, 3.05) is 34.5 Å². The number of nitro benzene ring substituents is 2. The second-order valence-corrected chi connectivity index (χ2v) is 22.8. The fourth-order valence-electron chi connectivity index (χ4n) is 5.76. The van der Waals surface area contributed by atoms with Crippen molar-refractivity contribution in [3.05, 3.63) is 208 Å². The van der Waals surface area contributed by atoms with Gasteiger partial charge in [-0.3, -0.25) is 43.7 Å². The number of carbonyl (C=O) groups is 4.